The van der Waals surface area contributed by atoms with Crippen molar-refractivity contribution in [3.05, 3.63) is 0 Å². The van der Waals surface area contributed by atoms with Gasteiger partial charge >= 0.3 is 0 Å². The second-order valence-corrected chi connectivity index (χ2v) is 6.97. The van der Waals surface area contributed by atoms with E-state index in [4.69, 9.17) is 4.74 Å². The Balaban J connectivity index is 1.78. The lowest BCUT2D eigenvalue weighted by Gasteiger charge is -2.40. The van der Waals surface area contributed by atoms with E-state index in [9.17, 15) is 0 Å². The van der Waals surface area contributed by atoms with E-state index in [1.54, 1.807) is 0 Å². The van der Waals surface area contributed by atoms with Crippen LogP contribution in [0.5, 0.6) is 0 Å². The van der Waals surface area contributed by atoms with Gasteiger partial charge in [-0.1, -0.05) is 13.8 Å². The topological polar surface area (TPSA) is 24.5 Å². The number of ether oxygens (including phenoxy) is 1. The summed E-state index contributed by atoms with van der Waals surface area (Å²) >= 11 is 0. The minimum absolute atomic E-state index is 0.0805. The molecule has 2 fully saturated rings. The highest BCUT2D eigenvalue weighted by Crippen LogP contribution is 2.30. The summed E-state index contributed by atoms with van der Waals surface area (Å²) in [5.74, 6) is 0.846. The lowest BCUT2D eigenvalue weighted by molar-refractivity contribution is -0.0806. The summed E-state index contributed by atoms with van der Waals surface area (Å²) in [6.07, 6.45) is 3.77. The highest BCUT2D eigenvalue weighted by molar-refractivity contribution is 4.89. The first-order chi connectivity index (χ1) is 8.46. The number of hydrogen-bond donors (Lipinski definition) is 1. The summed E-state index contributed by atoms with van der Waals surface area (Å²) in [6.45, 7) is 13.6. The molecular weight excluding hydrogens is 224 g/mol. The van der Waals surface area contributed by atoms with Crippen molar-refractivity contribution in [3.63, 3.8) is 0 Å². The maximum absolute atomic E-state index is 5.82. The lowest BCUT2D eigenvalue weighted by atomic mass is 9.93. The van der Waals surface area contributed by atoms with Crippen LogP contribution in [0.4, 0.5) is 0 Å². The molecule has 106 valence electrons. The van der Waals surface area contributed by atoms with Gasteiger partial charge in [-0.05, 0) is 52.1 Å². The Kier molecular flexibility index (Phi) is 4.68. The molecule has 3 nitrogen and oxygen atoms in total. The molecule has 2 heterocycles. The molecule has 0 aromatic rings. The van der Waals surface area contributed by atoms with Crippen LogP contribution in [0.3, 0.4) is 0 Å². The molecule has 0 aromatic heterocycles. The van der Waals surface area contributed by atoms with Crippen LogP contribution in [0, 0.1) is 5.92 Å². The van der Waals surface area contributed by atoms with Crippen molar-refractivity contribution in [2.45, 2.75) is 64.6 Å². The Bertz CT molecular complexity index is 265. The number of hydrogen-bond acceptors (Lipinski definition) is 3. The van der Waals surface area contributed by atoms with Gasteiger partial charge in [-0.2, -0.15) is 0 Å². The fourth-order valence-corrected chi connectivity index (χ4v) is 3.27. The van der Waals surface area contributed by atoms with Crippen molar-refractivity contribution in [2.75, 3.05) is 26.2 Å². The summed E-state index contributed by atoms with van der Waals surface area (Å²) in [4.78, 5) is 2.71. The molecule has 0 bridgehead atoms. The Hall–Kier alpha value is -0.120. The van der Waals surface area contributed by atoms with Gasteiger partial charge in [0.1, 0.15) is 0 Å². The van der Waals surface area contributed by atoms with E-state index in [1.807, 2.05) is 0 Å². The van der Waals surface area contributed by atoms with Crippen molar-refractivity contribution < 1.29 is 4.74 Å². The smallest absolute Gasteiger partial charge is 0.0641 e. The molecule has 0 saturated carbocycles. The molecule has 0 amide bonds. The lowest BCUT2D eigenvalue weighted by Crippen LogP contribution is -2.45. The highest BCUT2D eigenvalue weighted by atomic mass is 16.5. The third-order valence-corrected chi connectivity index (χ3v) is 4.32. The first kappa shape index (κ1) is 14.3. The summed E-state index contributed by atoms with van der Waals surface area (Å²) in [7, 11) is 0. The molecular formula is C15H30N2O. The molecule has 0 aliphatic carbocycles. The molecule has 0 radical (unpaired) electrons. The average molecular weight is 254 g/mol. The minimum atomic E-state index is 0.0805. The number of rotatable bonds is 4. The van der Waals surface area contributed by atoms with Crippen LogP contribution in [0.2, 0.25) is 0 Å². The van der Waals surface area contributed by atoms with Gasteiger partial charge < -0.3 is 10.1 Å². The molecule has 0 spiro atoms. The third kappa shape index (κ3) is 3.94. The molecule has 2 rings (SSSR count). The molecule has 3 heteroatoms. The zero-order chi connectivity index (χ0) is 13.2. The predicted octanol–water partition coefficient (Wildman–Crippen LogP) is 2.26. The first-order valence-corrected chi connectivity index (χ1v) is 7.58. The summed E-state index contributed by atoms with van der Waals surface area (Å²) in [6, 6.07) is 1.36. The van der Waals surface area contributed by atoms with Gasteiger partial charge in [0.25, 0.3) is 0 Å². The Labute approximate surface area is 112 Å². The monoisotopic (exact) mass is 254 g/mol. The Morgan fingerprint density at radius 2 is 2.11 bits per heavy atom. The summed E-state index contributed by atoms with van der Waals surface area (Å²) in [5, 5.41) is 3.58. The molecule has 2 unspecified atom stereocenters. The van der Waals surface area contributed by atoms with Gasteiger partial charge in [-0.15, -0.1) is 0 Å². The normalized spacial score (nSPS) is 33.2. The summed E-state index contributed by atoms with van der Waals surface area (Å²) in [5.41, 5.74) is 0.0805. The molecule has 2 atom stereocenters. The van der Waals surface area contributed by atoms with E-state index in [2.05, 4.69) is 37.9 Å². The number of nitrogens with one attached hydrogen (secondary N) is 1. The van der Waals surface area contributed by atoms with Gasteiger partial charge in [0.05, 0.1) is 5.60 Å². The largest absolute Gasteiger partial charge is 0.375 e. The van der Waals surface area contributed by atoms with Crippen molar-refractivity contribution >= 4 is 0 Å². The minimum Gasteiger partial charge on any atom is -0.375 e. The van der Waals surface area contributed by atoms with Crippen LogP contribution < -0.4 is 5.32 Å². The standard InChI is InChI=1S/C15H30N2O/c1-12(2)16-10-13-5-7-17(11-13)14-6-8-18-15(3,4)9-14/h12-14,16H,5-11H2,1-4H3. The molecule has 2 aliphatic heterocycles. The third-order valence-electron chi connectivity index (χ3n) is 4.32. The molecule has 18 heavy (non-hydrogen) atoms. The van der Waals surface area contributed by atoms with Crippen LogP contribution in [0.15, 0.2) is 0 Å². The fraction of sp³-hybridized carbons (Fsp3) is 1.00. The molecule has 2 aliphatic rings. The van der Waals surface area contributed by atoms with E-state index in [1.165, 1.54) is 38.9 Å². The van der Waals surface area contributed by atoms with Gasteiger partial charge in [0.15, 0.2) is 0 Å². The van der Waals surface area contributed by atoms with Crippen molar-refractivity contribution in [2.24, 2.45) is 5.92 Å². The van der Waals surface area contributed by atoms with Crippen LogP contribution >= 0.6 is 0 Å². The number of nitrogens with zero attached hydrogens (tertiary/aromatic N) is 1. The maximum Gasteiger partial charge on any atom is 0.0641 e. The van der Waals surface area contributed by atoms with E-state index < -0.39 is 0 Å². The molecule has 2 saturated heterocycles. The zero-order valence-corrected chi connectivity index (χ0v) is 12.5. The van der Waals surface area contributed by atoms with Crippen LogP contribution in [0.1, 0.15) is 47.0 Å². The zero-order valence-electron chi connectivity index (χ0n) is 12.5. The van der Waals surface area contributed by atoms with E-state index in [0.717, 1.165) is 18.6 Å². The highest BCUT2D eigenvalue weighted by Gasteiger charge is 2.35. The van der Waals surface area contributed by atoms with Crippen molar-refractivity contribution in [1.29, 1.82) is 0 Å². The van der Waals surface area contributed by atoms with E-state index in [-0.39, 0.29) is 5.60 Å². The second-order valence-electron chi connectivity index (χ2n) is 6.97. The Morgan fingerprint density at radius 3 is 2.78 bits per heavy atom. The Morgan fingerprint density at radius 1 is 1.33 bits per heavy atom. The van der Waals surface area contributed by atoms with E-state index in [0.29, 0.717) is 6.04 Å². The SMILES string of the molecule is CC(C)NCC1CCN(C2CCOC(C)(C)C2)C1. The predicted molar refractivity (Wildman–Crippen MR) is 75.9 cm³/mol. The van der Waals surface area contributed by atoms with Crippen LogP contribution in [0.25, 0.3) is 0 Å². The van der Waals surface area contributed by atoms with Crippen molar-refractivity contribution in [3.8, 4) is 0 Å². The quantitative estimate of drug-likeness (QED) is 0.833. The van der Waals surface area contributed by atoms with Gasteiger partial charge in [-0.25, -0.2) is 0 Å². The van der Waals surface area contributed by atoms with Crippen molar-refractivity contribution in [1.82, 2.24) is 10.2 Å². The number of likely N-dealkylation sites (tertiary alicyclic amines) is 1. The van der Waals surface area contributed by atoms with Gasteiger partial charge in [0.2, 0.25) is 0 Å². The summed E-state index contributed by atoms with van der Waals surface area (Å²) < 4.78 is 5.82. The first-order valence-electron chi connectivity index (χ1n) is 7.58. The molecule has 0 aromatic carbocycles. The van der Waals surface area contributed by atoms with Gasteiger partial charge in [0, 0.05) is 25.2 Å². The fourth-order valence-electron chi connectivity index (χ4n) is 3.27. The maximum atomic E-state index is 5.82. The van der Waals surface area contributed by atoms with Crippen LogP contribution in [-0.2, 0) is 4.74 Å². The van der Waals surface area contributed by atoms with Crippen LogP contribution in [-0.4, -0.2) is 48.8 Å². The molecule has 1 N–H and O–H groups in total. The average Bonchev–Trinajstić information content (AvgIpc) is 2.73. The van der Waals surface area contributed by atoms with E-state index >= 15 is 0 Å². The van der Waals surface area contributed by atoms with Gasteiger partial charge in [-0.3, -0.25) is 4.90 Å². The second kappa shape index (κ2) is 5.89.